The van der Waals surface area contributed by atoms with Crippen LogP contribution in [0.5, 0.6) is 0 Å². The van der Waals surface area contributed by atoms with E-state index in [1.54, 1.807) is 0 Å². The molecule has 0 amide bonds. The first kappa shape index (κ1) is 15.1. The molecular weight excluding hydrogens is 278 g/mol. The number of aryl methyl sites for hydroxylation is 1. The van der Waals surface area contributed by atoms with Gasteiger partial charge in [0.15, 0.2) is 0 Å². The predicted molar refractivity (Wildman–Crippen MR) is 65.2 cm³/mol. The molecule has 0 spiro atoms. The summed E-state index contributed by atoms with van der Waals surface area (Å²) >= 11 is 5.33. The minimum atomic E-state index is -0.705. The van der Waals surface area contributed by atoms with Gasteiger partial charge in [0, 0.05) is 6.92 Å². The lowest BCUT2D eigenvalue weighted by Crippen LogP contribution is -2.17. The van der Waals surface area contributed by atoms with Crippen LogP contribution in [0.4, 0.5) is 5.82 Å². The molecule has 0 aliphatic carbocycles. The third-order valence-corrected chi connectivity index (χ3v) is 2.39. The molecule has 0 aromatic carbocycles. The van der Waals surface area contributed by atoms with E-state index >= 15 is 0 Å². The Bertz CT molecular complexity index is 499. The standard InChI is InChI=1S/C10H12ClN3O5/c1-7-12-6-8(14(17)18)13(7)9(15)2-3-10(16)19-5-4-11/h6H,2-5H2,1H3. The molecule has 104 valence electrons. The van der Waals surface area contributed by atoms with E-state index in [0.717, 1.165) is 10.8 Å². The molecule has 8 nitrogen and oxygen atoms in total. The fourth-order valence-electron chi connectivity index (χ4n) is 1.41. The minimum absolute atomic E-state index is 0.0683. The van der Waals surface area contributed by atoms with Gasteiger partial charge in [0.2, 0.25) is 5.82 Å². The summed E-state index contributed by atoms with van der Waals surface area (Å²) < 4.78 is 5.55. The van der Waals surface area contributed by atoms with Gasteiger partial charge < -0.3 is 14.9 Å². The van der Waals surface area contributed by atoms with Crippen molar-refractivity contribution >= 4 is 29.3 Å². The summed E-state index contributed by atoms with van der Waals surface area (Å²) in [7, 11) is 0. The Morgan fingerprint density at radius 3 is 2.79 bits per heavy atom. The van der Waals surface area contributed by atoms with Gasteiger partial charge in [0.05, 0.1) is 18.7 Å². The van der Waals surface area contributed by atoms with Gasteiger partial charge in [0.25, 0.3) is 0 Å². The Morgan fingerprint density at radius 2 is 2.21 bits per heavy atom. The topological polar surface area (TPSA) is 104 Å². The zero-order valence-corrected chi connectivity index (χ0v) is 10.9. The molecule has 0 aliphatic heterocycles. The lowest BCUT2D eigenvalue weighted by Gasteiger charge is -2.02. The van der Waals surface area contributed by atoms with Gasteiger partial charge in [-0.15, -0.1) is 16.2 Å². The fourth-order valence-corrected chi connectivity index (χ4v) is 1.49. The molecule has 0 unspecified atom stereocenters. The van der Waals surface area contributed by atoms with Crippen molar-refractivity contribution in [3.05, 3.63) is 22.1 Å². The van der Waals surface area contributed by atoms with E-state index in [2.05, 4.69) is 9.72 Å². The van der Waals surface area contributed by atoms with Crippen LogP contribution in [0.1, 0.15) is 23.5 Å². The highest BCUT2D eigenvalue weighted by atomic mass is 35.5. The van der Waals surface area contributed by atoms with Crippen molar-refractivity contribution in [3.8, 4) is 0 Å². The van der Waals surface area contributed by atoms with Crippen molar-refractivity contribution in [2.45, 2.75) is 19.8 Å². The Labute approximate surface area is 113 Å². The van der Waals surface area contributed by atoms with Crippen LogP contribution in [0.15, 0.2) is 6.20 Å². The zero-order chi connectivity index (χ0) is 14.4. The van der Waals surface area contributed by atoms with E-state index in [-0.39, 0.29) is 31.2 Å². The number of imidazole rings is 1. The third-order valence-electron chi connectivity index (χ3n) is 2.24. The normalized spacial score (nSPS) is 10.2. The largest absolute Gasteiger partial charge is 0.464 e. The summed E-state index contributed by atoms with van der Waals surface area (Å²) in [6.45, 7) is 1.54. The summed E-state index contributed by atoms with van der Waals surface area (Å²) in [5.74, 6) is -1.20. The van der Waals surface area contributed by atoms with Crippen molar-refractivity contribution in [2.24, 2.45) is 0 Å². The van der Waals surface area contributed by atoms with Crippen molar-refractivity contribution in [2.75, 3.05) is 12.5 Å². The van der Waals surface area contributed by atoms with Gasteiger partial charge in [-0.3, -0.25) is 4.79 Å². The molecule has 19 heavy (non-hydrogen) atoms. The smallest absolute Gasteiger partial charge is 0.350 e. The highest BCUT2D eigenvalue weighted by Crippen LogP contribution is 2.14. The Hall–Kier alpha value is -1.96. The van der Waals surface area contributed by atoms with Crippen molar-refractivity contribution in [1.29, 1.82) is 0 Å². The third kappa shape index (κ3) is 4.02. The molecule has 1 aromatic rings. The SMILES string of the molecule is Cc1ncc([N+](=O)[O-])n1C(=O)CCC(=O)OCCCl. The molecule has 1 rings (SSSR count). The van der Waals surface area contributed by atoms with Gasteiger partial charge in [-0.1, -0.05) is 0 Å². The summed E-state index contributed by atoms with van der Waals surface area (Å²) in [4.78, 5) is 36.7. The number of aromatic nitrogens is 2. The number of hydrogen-bond acceptors (Lipinski definition) is 6. The number of alkyl halides is 1. The molecule has 0 radical (unpaired) electrons. The number of rotatable bonds is 6. The molecule has 0 saturated carbocycles. The number of halogens is 1. The number of carbonyl (C=O) groups excluding carboxylic acids is 2. The number of nitro groups is 1. The van der Waals surface area contributed by atoms with E-state index in [9.17, 15) is 19.7 Å². The lowest BCUT2D eigenvalue weighted by atomic mass is 10.3. The number of nitrogens with zero attached hydrogens (tertiary/aromatic N) is 3. The predicted octanol–water partition coefficient (Wildman–Crippen LogP) is 1.30. The summed E-state index contributed by atoms with van der Waals surface area (Å²) in [6.07, 6.45) is 0.642. The van der Waals surface area contributed by atoms with Gasteiger partial charge in [0.1, 0.15) is 12.8 Å². The lowest BCUT2D eigenvalue weighted by molar-refractivity contribution is -0.390. The Morgan fingerprint density at radius 1 is 1.53 bits per heavy atom. The first-order valence-electron chi connectivity index (χ1n) is 5.41. The zero-order valence-electron chi connectivity index (χ0n) is 10.2. The molecule has 1 aromatic heterocycles. The minimum Gasteiger partial charge on any atom is -0.464 e. The van der Waals surface area contributed by atoms with Gasteiger partial charge >= 0.3 is 17.7 Å². The second-order valence-corrected chi connectivity index (χ2v) is 3.94. The molecule has 0 fully saturated rings. The highest BCUT2D eigenvalue weighted by Gasteiger charge is 2.24. The van der Waals surface area contributed by atoms with Crippen LogP contribution in [0, 0.1) is 17.0 Å². The summed E-state index contributed by atoms with van der Waals surface area (Å²) in [5.41, 5.74) is 0. The number of hydrogen-bond donors (Lipinski definition) is 0. The molecule has 0 saturated heterocycles. The second kappa shape index (κ2) is 6.83. The Balaban J connectivity index is 2.66. The second-order valence-electron chi connectivity index (χ2n) is 3.56. The first-order valence-corrected chi connectivity index (χ1v) is 5.94. The van der Waals surface area contributed by atoms with E-state index in [0.29, 0.717) is 0 Å². The van der Waals surface area contributed by atoms with Crippen LogP contribution < -0.4 is 0 Å². The number of carbonyl (C=O) groups is 2. The van der Waals surface area contributed by atoms with Crippen LogP contribution in [0.3, 0.4) is 0 Å². The van der Waals surface area contributed by atoms with E-state index in [1.807, 2.05) is 0 Å². The van der Waals surface area contributed by atoms with Crippen LogP contribution >= 0.6 is 11.6 Å². The fraction of sp³-hybridized carbons (Fsp3) is 0.500. The molecule has 9 heteroatoms. The maximum atomic E-state index is 11.8. The average Bonchev–Trinajstić information content (AvgIpc) is 2.75. The number of esters is 1. The maximum Gasteiger partial charge on any atom is 0.350 e. The maximum absolute atomic E-state index is 11.8. The summed E-state index contributed by atoms with van der Waals surface area (Å²) in [5, 5.41) is 10.7. The molecule has 0 atom stereocenters. The van der Waals surface area contributed by atoms with Crippen LogP contribution in [0.2, 0.25) is 0 Å². The van der Waals surface area contributed by atoms with Crippen LogP contribution in [-0.4, -0.2) is 38.8 Å². The molecule has 1 heterocycles. The van der Waals surface area contributed by atoms with E-state index in [1.165, 1.54) is 6.92 Å². The quantitative estimate of drug-likeness (QED) is 0.338. The van der Waals surface area contributed by atoms with Crippen molar-refractivity contribution in [1.82, 2.24) is 9.55 Å². The van der Waals surface area contributed by atoms with E-state index < -0.39 is 22.6 Å². The average molecular weight is 290 g/mol. The molecule has 0 bridgehead atoms. The van der Waals surface area contributed by atoms with Crippen LogP contribution in [-0.2, 0) is 9.53 Å². The van der Waals surface area contributed by atoms with Gasteiger partial charge in [-0.05, 0) is 4.92 Å². The van der Waals surface area contributed by atoms with Crippen molar-refractivity contribution in [3.63, 3.8) is 0 Å². The first-order chi connectivity index (χ1) is 8.97. The summed E-state index contributed by atoms with van der Waals surface area (Å²) in [6, 6.07) is 0. The monoisotopic (exact) mass is 289 g/mol. The molecule has 0 N–H and O–H groups in total. The van der Waals surface area contributed by atoms with Crippen molar-refractivity contribution < 1.29 is 19.2 Å². The highest BCUT2D eigenvalue weighted by molar-refractivity contribution is 6.18. The molecular formula is C10H12ClN3O5. The van der Waals surface area contributed by atoms with Crippen LogP contribution in [0.25, 0.3) is 0 Å². The number of ether oxygens (including phenoxy) is 1. The molecule has 0 aliphatic rings. The Kier molecular flexibility index (Phi) is 5.43. The van der Waals surface area contributed by atoms with Gasteiger partial charge in [-0.2, -0.15) is 0 Å². The van der Waals surface area contributed by atoms with E-state index in [4.69, 9.17) is 11.6 Å². The van der Waals surface area contributed by atoms with Gasteiger partial charge in [-0.25, -0.2) is 9.78 Å².